The van der Waals surface area contributed by atoms with E-state index in [0.717, 1.165) is 22.3 Å². The minimum absolute atomic E-state index is 0.0669. The van der Waals surface area contributed by atoms with Crippen LogP contribution in [0.25, 0.3) is 11.1 Å². The number of nitrogens with zero attached hydrogens (tertiary/aromatic N) is 1. The van der Waals surface area contributed by atoms with Crippen molar-refractivity contribution >= 4 is 23.8 Å². The monoisotopic (exact) mass is 514 g/mol. The minimum atomic E-state index is -1.10. The van der Waals surface area contributed by atoms with Crippen LogP contribution < -0.4 is 5.32 Å². The van der Waals surface area contributed by atoms with Crippen LogP contribution in [0.15, 0.2) is 60.7 Å². The number of ether oxygens (including phenoxy) is 2. The summed E-state index contributed by atoms with van der Waals surface area (Å²) in [5.41, 5.74) is 5.58. The average molecular weight is 515 g/mol. The highest BCUT2D eigenvalue weighted by Gasteiger charge is 2.32. The zero-order valence-electron chi connectivity index (χ0n) is 21.6. The summed E-state index contributed by atoms with van der Waals surface area (Å²) in [5.74, 6) is -1.16. The summed E-state index contributed by atoms with van der Waals surface area (Å²) in [6.07, 6.45) is -0.757. The second kappa shape index (κ2) is 9.85. The normalized spacial score (nSPS) is 14.2. The van der Waals surface area contributed by atoms with E-state index in [9.17, 15) is 19.5 Å². The highest BCUT2D eigenvalue weighted by atomic mass is 16.6. The molecule has 0 atom stereocenters. The van der Waals surface area contributed by atoms with Gasteiger partial charge in [0.25, 0.3) is 0 Å². The molecule has 0 spiro atoms. The molecular weight excluding hydrogens is 484 g/mol. The predicted octanol–water partition coefficient (Wildman–Crippen LogP) is 6.04. The number of carbonyl (C=O) groups excluding carboxylic acids is 2. The van der Waals surface area contributed by atoms with E-state index in [1.54, 1.807) is 26.8 Å². The molecule has 2 amide bonds. The minimum Gasteiger partial charge on any atom is -0.478 e. The zero-order chi connectivity index (χ0) is 27.0. The Morgan fingerprint density at radius 1 is 0.947 bits per heavy atom. The summed E-state index contributed by atoms with van der Waals surface area (Å²) in [5, 5.41) is 12.5. The van der Waals surface area contributed by atoms with Crippen molar-refractivity contribution in [1.29, 1.82) is 0 Å². The van der Waals surface area contributed by atoms with Crippen LogP contribution in [0, 0.1) is 0 Å². The van der Waals surface area contributed by atoms with Crippen molar-refractivity contribution in [1.82, 2.24) is 4.90 Å². The van der Waals surface area contributed by atoms with Gasteiger partial charge < -0.3 is 19.5 Å². The van der Waals surface area contributed by atoms with Gasteiger partial charge in [0, 0.05) is 18.2 Å². The highest BCUT2D eigenvalue weighted by molar-refractivity contribution is 5.93. The Balaban J connectivity index is 1.33. The van der Waals surface area contributed by atoms with Crippen molar-refractivity contribution < 1.29 is 29.0 Å². The van der Waals surface area contributed by atoms with Crippen LogP contribution in [0.2, 0.25) is 0 Å². The summed E-state index contributed by atoms with van der Waals surface area (Å²) in [6.45, 7) is 5.88. The fourth-order valence-electron chi connectivity index (χ4n) is 5.25. The fourth-order valence-corrected chi connectivity index (χ4v) is 5.25. The number of hydrogen-bond acceptors (Lipinski definition) is 5. The molecule has 38 heavy (non-hydrogen) atoms. The molecule has 196 valence electrons. The van der Waals surface area contributed by atoms with Crippen LogP contribution in [0.5, 0.6) is 0 Å². The summed E-state index contributed by atoms with van der Waals surface area (Å²) >= 11 is 0. The molecule has 1 heterocycles. The van der Waals surface area contributed by atoms with Gasteiger partial charge in [0.15, 0.2) is 0 Å². The molecule has 0 bridgehead atoms. The summed E-state index contributed by atoms with van der Waals surface area (Å²) in [4.78, 5) is 39.0. The second-order valence-electron chi connectivity index (χ2n) is 10.5. The maximum Gasteiger partial charge on any atom is 0.412 e. The van der Waals surface area contributed by atoms with Crippen LogP contribution in [-0.2, 0) is 22.4 Å². The van der Waals surface area contributed by atoms with E-state index in [2.05, 4.69) is 29.6 Å². The summed E-state index contributed by atoms with van der Waals surface area (Å²) < 4.78 is 11.1. The topological polar surface area (TPSA) is 105 Å². The molecule has 3 aromatic rings. The number of carbonyl (C=O) groups is 3. The maximum absolute atomic E-state index is 13.2. The van der Waals surface area contributed by atoms with Crippen molar-refractivity contribution in [2.75, 3.05) is 18.5 Å². The van der Waals surface area contributed by atoms with Crippen LogP contribution in [0.4, 0.5) is 15.3 Å². The van der Waals surface area contributed by atoms with Crippen molar-refractivity contribution in [3.05, 3.63) is 88.5 Å². The number of hydrogen-bond donors (Lipinski definition) is 2. The third-order valence-corrected chi connectivity index (χ3v) is 6.87. The summed E-state index contributed by atoms with van der Waals surface area (Å²) in [6, 6.07) is 19.2. The van der Waals surface area contributed by atoms with E-state index in [1.807, 2.05) is 24.3 Å². The van der Waals surface area contributed by atoms with Gasteiger partial charge in [-0.15, -0.1) is 0 Å². The first-order chi connectivity index (χ1) is 18.1. The van der Waals surface area contributed by atoms with Crippen LogP contribution in [0.1, 0.15) is 59.3 Å². The quantitative estimate of drug-likeness (QED) is 0.440. The van der Waals surface area contributed by atoms with E-state index in [-0.39, 0.29) is 24.6 Å². The van der Waals surface area contributed by atoms with Crippen molar-refractivity contribution in [2.45, 2.75) is 45.3 Å². The van der Waals surface area contributed by atoms with Crippen LogP contribution >= 0.6 is 0 Å². The lowest BCUT2D eigenvalue weighted by molar-refractivity contribution is 0.0634. The molecule has 0 saturated carbocycles. The van der Waals surface area contributed by atoms with Crippen LogP contribution in [0.3, 0.4) is 0 Å². The van der Waals surface area contributed by atoms with Gasteiger partial charge in [0.05, 0.1) is 12.1 Å². The molecule has 1 aliphatic heterocycles. The molecule has 0 fully saturated rings. The predicted molar refractivity (Wildman–Crippen MR) is 142 cm³/mol. The first kappa shape index (κ1) is 25.3. The largest absolute Gasteiger partial charge is 0.478 e. The molecule has 0 saturated heterocycles. The van der Waals surface area contributed by atoms with Crippen molar-refractivity contribution in [3.63, 3.8) is 0 Å². The van der Waals surface area contributed by atoms with E-state index in [4.69, 9.17) is 9.47 Å². The Morgan fingerprint density at radius 2 is 1.58 bits per heavy atom. The Morgan fingerprint density at radius 3 is 2.18 bits per heavy atom. The van der Waals surface area contributed by atoms with Gasteiger partial charge in [-0.3, -0.25) is 5.32 Å². The molecule has 0 unspecified atom stereocenters. The lowest BCUT2D eigenvalue weighted by atomic mass is 9.93. The van der Waals surface area contributed by atoms with Gasteiger partial charge in [0.2, 0.25) is 0 Å². The zero-order valence-corrected chi connectivity index (χ0v) is 21.6. The highest BCUT2D eigenvalue weighted by Crippen LogP contribution is 2.44. The lowest BCUT2D eigenvalue weighted by Gasteiger charge is -2.31. The third kappa shape index (κ3) is 4.94. The van der Waals surface area contributed by atoms with Gasteiger partial charge in [0.1, 0.15) is 12.2 Å². The SMILES string of the molecule is CC(C)(C)OC(=O)Nc1ccc(C(=O)O)c2c1CCN(C(=O)OCC1c3ccccc3-c3ccccc31)C2. The molecule has 8 heteroatoms. The molecule has 1 aliphatic carbocycles. The Hall–Kier alpha value is -4.33. The Kier molecular flexibility index (Phi) is 6.57. The first-order valence-corrected chi connectivity index (χ1v) is 12.6. The molecule has 2 N–H and O–H groups in total. The number of carboxylic acids is 1. The van der Waals surface area contributed by atoms with Gasteiger partial charge in [-0.05, 0) is 72.7 Å². The van der Waals surface area contributed by atoms with Crippen molar-refractivity contribution in [3.8, 4) is 11.1 Å². The number of anilines is 1. The molecule has 0 radical (unpaired) electrons. The number of nitrogens with one attached hydrogen (secondary N) is 1. The lowest BCUT2D eigenvalue weighted by Crippen LogP contribution is -2.38. The molecule has 5 rings (SSSR count). The summed E-state index contributed by atoms with van der Waals surface area (Å²) in [7, 11) is 0. The van der Waals surface area contributed by atoms with E-state index in [1.165, 1.54) is 11.0 Å². The number of benzene rings is 3. The fraction of sp³-hybridized carbons (Fsp3) is 0.300. The molecular formula is C30H30N2O6. The van der Waals surface area contributed by atoms with Crippen LogP contribution in [-0.4, -0.2) is 46.9 Å². The Labute approximate surface area is 221 Å². The number of aromatic carboxylic acids is 1. The number of rotatable bonds is 4. The van der Waals surface area contributed by atoms with E-state index >= 15 is 0 Å². The molecule has 3 aromatic carbocycles. The second-order valence-corrected chi connectivity index (χ2v) is 10.5. The van der Waals surface area contributed by atoms with E-state index < -0.39 is 23.8 Å². The molecule has 8 nitrogen and oxygen atoms in total. The maximum atomic E-state index is 13.2. The number of fused-ring (bicyclic) bond motifs is 4. The Bertz CT molecular complexity index is 1380. The molecule has 2 aliphatic rings. The number of amides is 2. The molecule has 0 aromatic heterocycles. The van der Waals surface area contributed by atoms with Gasteiger partial charge in [-0.25, -0.2) is 14.4 Å². The van der Waals surface area contributed by atoms with Gasteiger partial charge in [-0.1, -0.05) is 48.5 Å². The smallest absolute Gasteiger partial charge is 0.412 e. The first-order valence-electron chi connectivity index (χ1n) is 12.6. The van der Waals surface area contributed by atoms with Crippen molar-refractivity contribution in [2.24, 2.45) is 0 Å². The van der Waals surface area contributed by atoms with Gasteiger partial charge in [-0.2, -0.15) is 0 Å². The standard InChI is InChI=1S/C30H30N2O6/c1-30(2,3)38-28(35)31-26-13-12-23(27(33)34)24-16-32(15-14-22(24)26)29(36)37-17-25-20-10-6-4-8-18(20)19-9-5-7-11-21(19)25/h4-13,25H,14-17H2,1-3H3,(H,31,35)(H,33,34). The third-order valence-electron chi connectivity index (χ3n) is 6.87. The average Bonchev–Trinajstić information content (AvgIpc) is 3.19. The number of carboxylic acid groups (broad SMARTS) is 1. The van der Waals surface area contributed by atoms with E-state index in [0.29, 0.717) is 29.8 Å². The van der Waals surface area contributed by atoms with Gasteiger partial charge >= 0.3 is 18.2 Å².